The summed E-state index contributed by atoms with van der Waals surface area (Å²) in [6, 6.07) is 14.0. The highest BCUT2D eigenvalue weighted by molar-refractivity contribution is 5.91. The number of fused-ring (bicyclic) bond motifs is 1. The Hall–Kier alpha value is -2.99. The lowest BCUT2D eigenvalue weighted by Crippen LogP contribution is -2.46. The number of hydrogen-bond acceptors (Lipinski definition) is 4. The highest BCUT2D eigenvalue weighted by Crippen LogP contribution is 2.28. The van der Waals surface area contributed by atoms with Crippen LogP contribution in [0.3, 0.4) is 0 Å². The molecule has 1 aliphatic carbocycles. The molecule has 0 spiro atoms. The lowest BCUT2D eigenvalue weighted by molar-refractivity contribution is -0.384. The first-order valence-corrected chi connectivity index (χ1v) is 8.45. The number of non-ortho nitro benzene ring substituents is 1. The lowest BCUT2D eigenvalue weighted by Gasteiger charge is -2.33. The highest BCUT2D eigenvalue weighted by atomic mass is 16.6. The van der Waals surface area contributed by atoms with Crippen LogP contribution in [0.4, 0.5) is 5.69 Å². The van der Waals surface area contributed by atoms with Crippen molar-refractivity contribution in [2.45, 2.75) is 24.9 Å². The Morgan fingerprint density at radius 3 is 2.58 bits per heavy atom. The molecule has 0 radical (unpaired) electrons. The number of carbonyl (C=O) groups is 1. The predicted molar refractivity (Wildman–Crippen MR) is 98.6 cm³/mol. The van der Waals surface area contributed by atoms with Crippen LogP contribution in [0.25, 0.3) is 6.08 Å². The molecule has 134 valence electrons. The van der Waals surface area contributed by atoms with Gasteiger partial charge in [-0.25, -0.2) is 0 Å². The molecule has 0 saturated heterocycles. The van der Waals surface area contributed by atoms with Crippen LogP contribution in [-0.4, -0.2) is 28.1 Å². The summed E-state index contributed by atoms with van der Waals surface area (Å²) in [7, 11) is 0. The van der Waals surface area contributed by atoms with E-state index in [1.165, 1.54) is 23.8 Å². The van der Waals surface area contributed by atoms with Crippen LogP contribution in [-0.2, 0) is 17.6 Å². The number of nitrogens with zero attached hydrogens (tertiary/aromatic N) is 1. The molecule has 6 nitrogen and oxygen atoms in total. The quantitative estimate of drug-likeness (QED) is 0.491. The molecule has 1 atom stereocenters. The number of benzene rings is 2. The van der Waals surface area contributed by atoms with Crippen LogP contribution in [0, 0.1) is 10.1 Å². The van der Waals surface area contributed by atoms with Crippen LogP contribution in [0.1, 0.15) is 23.1 Å². The summed E-state index contributed by atoms with van der Waals surface area (Å²) in [5, 5.41) is 24.1. The fourth-order valence-electron chi connectivity index (χ4n) is 3.12. The molecule has 1 unspecified atom stereocenters. The topological polar surface area (TPSA) is 92.5 Å². The largest absolute Gasteiger partial charge is 0.388 e. The number of hydrogen-bond donors (Lipinski definition) is 2. The third-order valence-electron chi connectivity index (χ3n) is 4.62. The summed E-state index contributed by atoms with van der Waals surface area (Å²) >= 11 is 0. The van der Waals surface area contributed by atoms with Crippen molar-refractivity contribution < 1.29 is 14.8 Å². The number of aryl methyl sites for hydroxylation is 1. The molecule has 2 aromatic rings. The van der Waals surface area contributed by atoms with E-state index < -0.39 is 10.5 Å². The van der Waals surface area contributed by atoms with Crippen LogP contribution in [0.15, 0.2) is 54.6 Å². The Bertz CT molecular complexity index is 845. The average molecular weight is 352 g/mol. The van der Waals surface area contributed by atoms with Crippen molar-refractivity contribution in [2.75, 3.05) is 6.54 Å². The minimum atomic E-state index is -0.939. The average Bonchev–Trinajstić information content (AvgIpc) is 2.65. The molecule has 0 aliphatic heterocycles. The minimum Gasteiger partial charge on any atom is -0.388 e. The smallest absolute Gasteiger partial charge is 0.269 e. The number of rotatable bonds is 5. The van der Waals surface area contributed by atoms with Gasteiger partial charge in [0.05, 0.1) is 10.5 Å². The number of nitrogens with one attached hydrogen (secondary N) is 1. The van der Waals surface area contributed by atoms with E-state index in [9.17, 15) is 20.0 Å². The molecule has 2 N–H and O–H groups in total. The van der Waals surface area contributed by atoms with E-state index in [-0.39, 0.29) is 18.1 Å². The molecule has 0 fully saturated rings. The minimum absolute atomic E-state index is 0.00593. The zero-order chi connectivity index (χ0) is 18.6. The van der Waals surface area contributed by atoms with E-state index in [4.69, 9.17) is 0 Å². The van der Waals surface area contributed by atoms with E-state index in [1.54, 1.807) is 18.2 Å². The summed E-state index contributed by atoms with van der Waals surface area (Å²) in [6.45, 7) is 0.185. The summed E-state index contributed by atoms with van der Waals surface area (Å²) in [6.07, 6.45) is 4.87. The molecule has 1 amide bonds. The Morgan fingerprint density at radius 1 is 1.19 bits per heavy atom. The Balaban J connectivity index is 1.54. The predicted octanol–water partition coefficient (Wildman–Crippen LogP) is 2.64. The van der Waals surface area contributed by atoms with Gasteiger partial charge in [0.25, 0.3) is 5.69 Å². The number of aliphatic hydroxyl groups is 1. The maximum Gasteiger partial charge on any atom is 0.269 e. The van der Waals surface area contributed by atoms with Gasteiger partial charge in [0.1, 0.15) is 0 Å². The van der Waals surface area contributed by atoms with Crippen molar-refractivity contribution in [1.82, 2.24) is 5.32 Å². The van der Waals surface area contributed by atoms with E-state index in [1.807, 2.05) is 18.2 Å². The van der Waals surface area contributed by atoms with Crippen LogP contribution in [0.5, 0.6) is 0 Å². The SMILES string of the molecule is O=C(/C=C/c1ccc([N+](=O)[O-])cc1)NCC1(O)CCc2ccccc2C1. The van der Waals surface area contributed by atoms with E-state index in [2.05, 4.69) is 11.4 Å². The molecule has 2 aromatic carbocycles. The summed E-state index contributed by atoms with van der Waals surface area (Å²) < 4.78 is 0. The third kappa shape index (κ3) is 4.34. The first-order chi connectivity index (χ1) is 12.5. The Labute approximate surface area is 151 Å². The standard InChI is InChI=1S/C20H20N2O4/c23-19(10-7-15-5-8-18(9-6-15)22(25)26)21-14-20(24)12-11-16-3-1-2-4-17(16)13-20/h1-10,24H,11-14H2,(H,21,23)/b10-7+. The zero-order valence-corrected chi connectivity index (χ0v) is 14.2. The second-order valence-corrected chi connectivity index (χ2v) is 6.57. The van der Waals surface area contributed by atoms with Gasteiger partial charge in [0.15, 0.2) is 0 Å². The van der Waals surface area contributed by atoms with Gasteiger partial charge in [-0.2, -0.15) is 0 Å². The van der Waals surface area contributed by atoms with Gasteiger partial charge < -0.3 is 10.4 Å². The fraction of sp³-hybridized carbons (Fsp3) is 0.250. The van der Waals surface area contributed by atoms with Crippen molar-refractivity contribution in [3.05, 3.63) is 81.4 Å². The molecule has 3 rings (SSSR count). The number of nitro groups is 1. The van der Waals surface area contributed by atoms with E-state index >= 15 is 0 Å². The summed E-state index contributed by atoms with van der Waals surface area (Å²) in [4.78, 5) is 22.2. The monoisotopic (exact) mass is 352 g/mol. The molecule has 26 heavy (non-hydrogen) atoms. The van der Waals surface area contributed by atoms with Gasteiger partial charge in [0, 0.05) is 31.2 Å². The highest BCUT2D eigenvalue weighted by Gasteiger charge is 2.32. The molecule has 0 bridgehead atoms. The van der Waals surface area contributed by atoms with E-state index in [0.29, 0.717) is 18.4 Å². The van der Waals surface area contributed by atoms with Gasteiger partial charge in [-0.3, -0.25) is 14.9 Å². The van der Waals surface area contributed by atoms with Crippen molar-refractivity contribution in [1.29, 1.82) is 0 Å². The summed E-state index contributed by atoms with van der Waals surface area (Å²) in [5.41, 5.74) is 2.13. The van der Waals surface area contributed by atoms with Gasteiger partial charge in [-0.1, -0.05) is 24.3 Å². The molecule has 0 aromatic heterocycles. The third-order valence-corrected chi connectivity index (χ3v) is 4.62. The van der Waals surface area contributed by atoms with Crippen LogP contribution >= 0.6 is 0 Å². The van der Waals surface area contributed by atoms with Gasteiger partial charge in [0.2, 0.25) is 5.91 Å². The molecule has 6 heteroatoms. The molecule has 0 saturated carbocycles. The maximum atomic E-state index is 12.0. The second-order valence-electron chi connectivity index (χ2n) is 6.57. The number of amides is 1. The Morgan fingerprint density at radius 2 is 1.88 bits per heavy atom. The maximum absolute atomic E-state index is 12.0. The molecular weight excluding hydrogens is 332 g/mol. The van der Waals surface area contributed by atoms with Crippen LogP contribution in [0.2, 0.25) is 0 Å². The molecule has 1 aliphatic rings. The van der Waals surface area contributed by atoms with Crippen molar-refractivity contribution in [2.24, 2.45) is 0 Å². The lowest BCUT2D eigenvalue weighted by atomic mass is 9.80. The number of nitro benzene ring substituents is 1. The van der Waals surface area contributed by atoms with Gasteiger partial charge in [-0.05, 0) is 47.7 Å². The first kappa shape index (κ1) is 17.8. The van der Waals surface area contributed by atoms with Crippen molar-refractivity contribution in [3.8, 4) is 0 Å². The first-order valence-electron chi connectivity index (χ1n) is 8.45. The van der Waals surface area contributed by atoms with E-state index in [0.717, 1.165) is 12.0 Å². The Kier molecular flexibility index (Phi) is 5.14. The fourth-order valence-corrected chi connectivity index (χ4v) is 3.12. The van der Waals surface area contributed by atoms with Crippen molar-refractivity contribution in [3.63, 3.8) is 0 Å². The van der Waals surface area contributed by atoms with Crippen molar-refractivity contribution >= 4 is 17.7 Å². The van der Waals surface area contributed by atoms with Gasteiger partial charge in [-0.15, -0.1) is 0 Å². The van der Waals surface area contributed by atoms with Crippen LogP contribution < -0.4 is 5.32 Å². The molecule has 0 heterocycles. The molecular formula is C20H20N2O4. The van der Waals surface area contributed by atoms with Gasteiger partial charge >= 0.3 is 0 Å². The zero-order valence-electron chi connectivity index (χ0n) is 14.2. The summed E-state index contributed by atoms with van der Waals surface area (Å²) in [5.74, 6) is -0.310. The second kappa shape index (κ2) is 7.49. The number of carbonyl (C=O) groups excluding carboxylic acids is 1. The normalized spacial score (nSPS) is 19.1.